The number of anilines is 2. The molecule has 0 saturated carbocycles. The van der Waals surface area contributed by atoms with E-state index in [0.29, 0.717) is 87.4 Å². The van der Waals surface area contributed by atoms with Crippen LogP contribution in [0, 0.1) is 45.4 Å². The van der Waals surface area contributed by atoms with Crippen molar-refractivity contribution in [1.29, 1.82) is 0 Å². The van der Waals surface area contributed by atoms with Crippen LogP contribution in [-0.4, -0.2) is 92.5 Å². The van der Waals surface area contributed by atoms with Crippen molar-refractivity contribution >= 4 is 69.1 Å². The van der Waals surface area contributed by atoms with E-state index in [4.69, 9.17) is 19.2 Å². The van der Waals surface area contributed by atoms with E-state index < -0.39 is 0 Å². The monoisotopic (exact) mass is 1070 g/mol. The summed E-state index contributed by atoms with van der Waals surface area (Å²) in [6.07, 6.45) is 3.00. The SMILES string of the molecule is CC.CC.CC1CCC(=O)NC1=O.CCC(C)/C(C)=N\N=C(/C)CN=C(c1ccc(C)cc1)c1c(C)sc(C)c1C.CCC(C)C(=O)c1cccc(NCCOCCOCCOc2ccc(NC(C)=O)cc2)c1C(C)=O. The molecule has 4 aromatic rings. The number of ketones is 2. The molecule has 1 aliphatic heterocycles. The smallest absolute Gasteiger partial charge is 0.229 e. The van der Waals surface area contributed by atoms with Gasteiger partial charge < -0.3 is 24.8 Å². The lowest BCUT2D eigenvalue weighted by molar-refractivity contribution is -0.135. The Hall–Kier alpha value is -6.16. The second-order valence-electron chi connectivity index (χ2n) is 18.1. The van der Waals surface area contributed by atoms with Gasteiger partial charge in [-0.25, -0.2) is 0 Å². The Morgan fingerprint density at radius 1 is 0.750 bits per heavy atom. The molecule has 3 unspecified atom stereocenters. The zero-order valence-corrected chi connectivity index (χ0v) is 49.7. The Kier molecular flexibility index (Phi) is 33.5. The third-order valence-electron chi connectivity index (χ3n) is 12.2. The highest BCUT2D eigenvalue weighted by atomic mass is 32.1. The van der Waals surface area contributed by atoms with Gasteiger partial charge in [-0.05, 0) is 110 Å². The van der Waals surface area contributed by atoms with Crippen molar-refractivity contribution in [1.82, 2.24) is 5.32 Å². The van der Waals surface area contributed by atoms with E-state index in [1.165, 1.54) is 40.3 Å². The molecule has 1 saturated heterocycles. The summed E-state index contributed by atoms with van der Waals surface area (Å²) < 4.78 is 16.7. The van der Waals surface area contributed by atoms with Gasteiger partial charge in [0.1, 0.15) is 12.4 Å². The normalized spacial score (nSPS) is 14.1. The van der Waals surface area contributed by atoms with Crippen LogP contribution in [0.15, 0.2) is 81.9 Å². The first-order valence-electron chi connectivity index (χ1n) is 26.9. The molecule has 15 heteroatoms. The van der Waals surface area contributed by atoms with Crippen LogP contribution in [0.4, 0.5) is 11.4 Å². The van der Waals surface area contributed by atoms with Gasteiger partial charge in [0, 0.05) is 75.3 Å². The maximum Gasteiger partial charge on any atom is 0.229 e. The van der Waals surface area contributed by atoms with Gasteiger partial charge >= 0.3 is 0 Å². The number of aryl methyl sites for hydroxylation is 3. The lowest BCUT2D eigenvalue weighted by Crippen LogP contribution is -2.39. The van der Waals surface area contributed by atoms with Crippen LogP contribution in [0.25, 0.3) is 0 Å². The number of hydrogen-bond donors (Lipinski definition) is 3. The highest BCUT2D eigenvalue weighted by Crippen LogP contribution is 2.30. The molecule has 1 aliphatic rings. The Balaban J connectivity index is 0.000000625. The molecule has 0 bridgehead atoms. The lowest BCUT2D eigenvalue weighted by Gasteiger charge is -2.16. The minimum absolute atomic E-state index is 0.0132. The molecule has 3 N–H and O–H groups in total. The molecular weight excluding hydrogens is 977 g/mol. The molecule has 3 amide bonds. The average molecular weight is 1070 g/mol. The van der Waals surface area contributed by atoms with E-state index in [1.807, 2.05) is 73.7 Å². The third kappa shape index (κ3) is 24.2. The zero-order chi connectivity index (χ0) is 57.3. The fraction of sp³-hybridized carbons (Fsp3) is 0.508. The maximum atomic E-state index is 12.7. The first kappa shape index (κ1) is 67.9. The maximum absolute atomic E-state index is 12.7. The molecule has 14 nitrogen and oxygen atoms in total. The van der Waals surface area contributed by atoms with E-state index in [-0.39, 0.29) is 41.1 Å². The molecule has 418 valence electrons. The van der Waals surface area contributed by atoms with Crippen molar-refractivity contribution in [3.63, 3.8) is 0 Å². The van der Waals surface area contributed by atoms with Crippen molar-refractivity contribution in [2.24, 2.45) is 32.9 Å². The van der Waals surface area contributed by atoms with Crippen LogP contribution in [0.5, 0.6) is 5.75 Å². The van der Waals surface area contributed by atoms with Crippen molar-refractivity contribution < 1.29 is 38.2 Å². The van der Waals surface area contributed by atoms with E-state index in [2.05, 4.69) is 92.0 Å². The van der Waals surface area contributed by atoms with Crippen molar-refractivity contribution in [2.45, 2.75) is 143 Å². The van der Waals surface area contributed by atoms with E-state index in [9.17, 15) is 24.0 Å². The number of thiophene rings is 1. The number of rotatable bonds is 23. The van der Waals surface area contributed by atoms with Crippen molar-refractivity contribution in [3.8, 4) is 5.75 Å². The van der Waals surface area contributed by atoms with Crippen molar-refractivity contribution in [3.05, 3.63) is 110 Å². The van der Waals surface area contributed by atoms with Crippen LogP contribution in [0.1, 0.15) is 168 Å². The molecule has 0 aliphatic carbocycles. The number of carbonyl (C=O) groups excluding carboxylic acids is 5. The Bertz CT molecular complexity index is 2510. The summed E-state index contributed by atoms with van der Waals surface area (Å²) >= 11 is 1.84. The number of hydrogen-bond acceptors (Lipinski definition) is 13. The molecule has 2 heterocycles. The minimum Gasteiger partial charge on any atom is -0.491 e. The highest BCUT2D eigenvalue weighted by molar-refractivity contribution is 7.12. The van der Waals surface area contributed by atoms with Crippen LogP contribution < -0.4 is 20.7 Å². The van der Waals surface area contributed by atoms with Gasteiger partial charge in [-0.15, -0.1) is 11.3 Å². The number of carbonyl (C=O) groups is 5. The molecule has 1 fully saturated rings. The number of piperidine rings is 1. The minimum atomic E-state index is -0.141. The number of ether oxygens (including phenoxy) is 3. The average Bonchev–Trinajstić information content (AvgIpc) is 3.67. The molecule has 5 rings (SSSR count). The predicted molar refractivity (Wildman–Crippen MR) is 317 cm³/mol. The van der Waals surface area contributed by atoms with E-state index >= 15 is 0 Å². The van der Waals surface area contributed by atoms with Gasteiger partial charge in [-0.3, -0.25) is 34.3 Å². The standard InChI is InChI=1S/C27H36N2O6.C24H33N3S.C6H9NO2.2C2H6/c1-5-19(2)27(32)24-7-6-8-25(26(24)20(3)30)28-13-14-33-15-16-34-17-18-35-23-11-9-22(10-12-23)29-21(4)31;1-9-16(3)19(6)27-26-17(4)14-25-24(22-12-10-15(2)11-13-22)23-18(5)20(7)28-21(23)8;1-4-2-3-5(8)7-6(4)9;2*1-2/h6-12,19,28H,5,13-18H2,1-4H3,(H,29,31);10-13,16H,9,14H2,1-8H3;4H,2-3H2,1H3,(H,7,8,9);2*1-2H3/b;25-24?,26-17+,27-19-;;;. The van der Waals surface area contributed by atoms with Crippen molar-refractivity contribution in [2.75, 3.05) is 56.8 Å². The molecule has 76 heavy (non-hydrogen) atoms. The van der Waals surface area contributed by atoms with Gasteiger partial charge in [-0.1, -0.05) is 104 Å². The summed E-state index contributed by atoms with van der Waals surface area (Å²) in [5.41, 5.74) is 10.3. The molecular formula is C61H90N6O8S. The summed E-state index contributed by atoms with van der Waals surface area (Å²) in [5, 5.41) is 17.0. The largest absolute Gasteiger partial charge is 0.491 e. The van der Waals surface area contributed by atoms with Crippen LogP contribution in [-0.2, 0) is 23.9 Å². The van der Waals surface area contributed by atoms with Crippen LogP contribution in [0.3, 0.4) is 0 Å². The first-order valence-corrected chi connectivity index (χ1v) is 27.8. The second-order valence-corrected chi connectivity index (χ2v) is 19.6. The molecule has 0 spiro atoms. The fourth-order valence-corrected chi connectivity index (χ4v) is 8.19. The first-order chi connectivity index (χ1) is 36.3. The summed E-state index contributed by atoms with van der Waals surface area (Å²) in [4.78, 5) is 64.8. The summed E-state index contributed by atoms with van der Waals surface area (Å²) in [7, 11) is 0. The lowest BCUT2D eigenvalue weighted by atomic mass is 9.91. The van der Waals surface area contributed by atoms with Gasteiger partial charge in [-0.2, -0.15) is 10.2 Å². The second kappa shape index (κ2) is 37.6. The number of nitrogens with zero attached hydrogens (tertiary/aromatic N) is 3. The highest BCUT2D eigenvalue weighted by Gasteiger charge is 2.23. The van der Waals surface area contributed by atoms with Crippen LogP contribution >= 0.6 is 11.3 Å². The number of amides is 3. The predicted octanol–water partition coefficient (Wildman–Crippen LogP) is 13.4. The number of imide groups is 1. The quantitative estimate of drug-likeness (QED) is 0.0214. The molecule has 0 radical (unpaired) electrons. The summed E-state index contributed by atoms with van der Waals surface area (Å²) in [6, 6.07) is 21.1. The van der Waals surface area contributed by atoms with Gasteiger partial charge in [0.05, 0.1) is 50.0 Å². The third-order valence-corrected chi connectivity index (χ3v) is 13.3. The number of nitrogens with one attached hydrogen (secondary N) is 3. The topological polar surface area (TPSA) is 186 Å². The summed E-state index contributed by atoms with van der Waals surface area (Å²) in [5.74, 6) is 0.501. The number of Topliss-reactive ketones (excluding diaryl/α,β-unsaturated/α-hetero) is 2. The summed E-state index contributed by atoms with van der Waals surface area (Å²) in [6.45, 7) is 36.8. The fourth-order valence-electron chi connectivity index (χ4n) is 7.12. The zero-order valence-electron chi connectivity index (χ0n) is 48.9. The van der Waals surface area contributed by atoms with Gasteiger partial charge in [0.25, 0.3) is 0 Å². The molecule has 1 aromatic heterocycles. The number of aliphatic imine (C=N–C) groups is 1. The molecule has 3 atom stereocenters. The van der Waals surface area contributed by atoms with Crippen LogP contribution in [0.2, 0.25) is 0 Å². The Morgan fingerprint density at radius 3 is 1.89 bits per heavy atom. The Morgan fingerprint density at radius 2 is 1.36 bits per heavy atom. The Labute approximate surface area is 459 Å². The van der Waals surface area contributed by atoms with Gasteiger partial charge in [0.15, 0.2) is 11.6 Å². The number of benzene rings is 3. The van der Waals surface area contributed by atoms with E-state index in [1.54, 1.807) is 42.5 Å². The van der Waals surface area contributed by atoms with Gasteiger partial charge in [0.2, 0.25) is 17.7 Å². The molecule has 3 aromatic carbocycles. The van der Waals surface area contributed by atoms with E-state index in [0.717, 1.165) is 41.2 Å².